The van der Waals surface area contributed by atoms with Crippen LogP contribution in [0.4, 0.5) is 0 Å². The SMILES string of the molecule is O=C1OCCCCC1(OCC1CO1)OCC1CO1. The van der Waals surface area contributed by atoms with Crippen LogP contribution >= 0.6 is 0 Å². The van der Waals surface area contributed by atoms with Gasteiger partial charge in [-0.1, -0.05) is 0 Å². The van der Waals surface area contributed by atoms with E-state index in [1.807, 2.05) is 0 Å². The lowest BCUT2D eigenvalue weighted by molar-refractivity contribution is -0.250. The van der Waals surface area contributed by atoms with Crippen molar-refractivity contribution in [3.8, 4) is 0 Å². The van der Waals surface area contributed by atoms with Crippen LogP contribution in [0.3, 0.4) is 0 Å². The molecule has 0 aliphatic carbocycles. The van der Waals surface area contributed by atoms with E-state index >= 15 is 0 Å². The standard InChI is InChI=1S/C12H18O6/c13-11-12(3-1-2-4-14-11,17-7-9-5-15-9)18-8-10-6-16-10/h9-10H,1-8H2. The first kappa shape index (κ1) is 12.3. The molecule has 0 amide bonds. The Morgan fingerprint density at radius 1 is 1.11 bits per heavy atom. The fraction of sp³-hybridized carbons (Fsp3) is 0.917. The van der Waals surface area contributed by atoms with Crippen LogP contribution in [-0.2, 0) is 28.5 Å². The zero-order chi connectivity index (χ0) is 12.4. The maximum absolute atomic E-state index is 12.0. The van der Waals surface area contributed by atoms with Crippen LogP contribution in [-0.4, -0.2) is 57.0 Å². The number of epoxide rings is 2. The maximum atomic E-state index is 12.0. The minimum absolute atomic E-state index is 0.0960. The van der Waals surface area contributed by atoms with Gasteiger partial charge in [-0.15, -0.1) is 0 Å². The number of carbonyl (C=O) groups excluding carboxylic acids is 1. The Morgan fingerprint density at radius 2 is 1.72 bits per heavy atom. The predicted molar refractivity (Wildman–Crippen MR) is 58.9 cm³/mol. The molecule has 0 radical (unpaired) electrons. The molecule has 6 nitrogen and oxygen atoms in total. The van der Waals surface area contributed by atoms with Crippen LogP contribution in [0.2, 0.25) is 0 Å². The number of hydrogen-bond donors (Lipinski definition) is 0. The van der Waals surface area contributed by atoms with Gasteiger partial charge in [0.1, 0.15) is 12.2 Å². The highest BCUT2D eigenvalue weighted by Gasteiger charge is 2.46. The van der Waals surface area contributed by atoms with Crippen LogP contribution in [0, 0.1) is 0 Å². The molecule has 0 N–H and O–H groups in total. The summed E-state index contributed by atoms with van der Waals surface area (Å²) in [5.74, 6) is -1.67. The molecule has 2 atom stereocenters. The number of cyclic esters (lactones) is 1. The number of esters is 1. The lowest BCUT2D eigenvalue weighted by Gasteiger charge is -2.29. The molecule has 3 aliphatic rings. The third-order valence-electron chi connectivity index (χ3n) is 3.25. The molecule has 6 heteroatoms. The molecule has 0 aromatic carbocycles. The van der Waals surface area contributed by atoms with Crippen molar-refractivity contribution in [3.63, 3.8) is 0 Å². The molecule has 0 aromatic rings. The van der Waals surface area contributed by atoms with E-state index in [2.05, 4.69) is 0 Å². The van der Waals surface area contributed by atoms with Crippen molar-refractivity contribution in [1.29, 1.82) is 0 Å². The first-order valence-corrected chi connectivity index (χ1v) is 6.47. The van der Waals surface area contributed by atoms with Crippen molar-refractivity contribution in [2.45, 2.75) is 37.3 Å². The molecule has 3 heterocycles. The summed E-state index contributed by atoms with van der Waals surface area (Å²) in [6.45, 7) is 2.57. The molecule has 0 saturated carbocycles. The smallest absolute Gasteiger partial charge is 0.366 e. The first-order chi connectivity index (χ1) is 8.78. The van der Waals surface area contributed by atoms with Crippen LogP contribution < -0.4 is 0 Å². The van der Waals surface area contributed by atoms with Crippen molar-refractivity contribution in [1.82, 2.24) is 0 Å². The summed E-state index contributed by atoms with van der Waals surface area (Å²) in [6.07, 6.45) is 2.42. The topological polar surface area (TPSA) is 69.8 Å². The largest absolute Gasteiger partial charge is 0.462 e. The van der Waals surface area contributed by atoms with Crippen LogP contribution in [0.25, 0.3) is 0 Å². The van der Waals surface area contributed by atoms with Gasteiger partial charge in [0, 0.05) is 6.42 Å². The summed E-state index contributed by atoms with van der Waals surface area (Å²) >= 11 is 0. The van der Waals surface area contributed by atoms with Crippen molar-refractivity contribution >= 4 is 5.97 Å². The molecule has 0 spiro atoms. The molecule has 0 bridgehead atoms. The second-order valence-electron chi connectivity index (χ2n) is 4.88. The predicted octanol–water partition coefficient (Wildman–Crippen LogP) is 0.241. The Kier molecular flexibility index (Phi) is 3.52. The summed E-state index contributed by atoms with van der Waals surface area (Å²) in [5, 5.41) is 0. The fourth-order valence-electron chi connectivity index (χ4n) is 1.92. The highest BCUT2D eigenvalue weighted by atomic mass is 16.7. The minimum Gasteiger partial charge on any atom is -0.462 e. The Morgan fingerprint density at radius 3 is 2.28 bits per heavy atom. The minimum atomic E-state index is -1.26. The zero-order valence-electron chi connectivity index (χ0n) is 10.3. The molecule has 3 saturated heterocycles. The highest BCUT2D eigenvalue weighted by molar-refractivity contribution is 5.78. The Hall–Kier alpha value is -0.690. The average Bonchev–Trinajstić information content (AvgIpc) is 3.23. The van der Waals surface area contributed by atoms with Gasteiger partial charge in [0.2, 0.25) is 0 Å². The molecular weight excluding hydrogens is 240 g/mol. The van der Waals surface area contributed by atoms with E-state index in [9.17, 15) is 4.79 Å². The van der Waals surface area contributed by atoms with Gasteiger partial charge < -0.3 is 23.7 Å². The van der Waals surface area contributed by atoms with E-state index in [0.29, 0.717) is 39.5 Å². The number of carbonyl (C=O) groups is 1. The molecule has 18 heavy (non-hydrogen) atoms. The monoisotopic (exact) mass is 258 g/mol. The maximum Gasteiger partial charge on any atom is 0.366 e. The zero-order valence-corrected chi connectivity index (χ0v) is 10.3. The van der Waals surface area contributed by atoms with E-state index in [-0.39, 0.29) is 12.2 Å². The lowest BCUT2D eigenvalue weighted by Crippen LogP contribution is -2.46. The van der Waals surface area contributed by atoms with Gasteiger partial charge in [0.05, 0.1) is 33.0 Å². The van der Waals surface area contributed by atoms with Gasteiger partial charge in [0.15, 0.2) is 0 Å². The number of ether oxygens (including phenoxy) is 5. The van der Waals surface area contributed by atoms with Gasteiger partial charge >= 0.3 is 5.97 Å². The second kappa shape index (κ2) is 5.13. The van der Waals surface area contributed by atoms with Crippen LogP contribution in [0.5, 0.6) is 0 Å². The molecule has 102 valence electrons. The van der Waals surface area contributed by atoms with Gasteiger partial charge in [-0.05, 0) is 12.8 Å². The normalized spacial score (nSPS) is 39.0. The Balaban J connectivity index is 1.63. The van der Waals surface area contributed by atoms with Gasteiger partial charge in [0.25, 0.3) is 5.79 Å². The summed E-state index contributed by atoms with van der Waals surface area (Å²) in [7, 11) is 0. The molecular formula is C12H18O6. The Labute approximate surface area is 105 Å². The number of hydrogen-bond acceptors (Lipinski definition) is 6. The third kappa shape index (κ3) is 3.00. The summed E-state index contributed by atoms with van der Waals surface area (Å²) in [5.41, 5.74) is 0. The molecule has 3 rings (SSSR count). The van der Waals surface area contributed by atoms with Crippen molar-refractivity contribution in [2.75, 3.05) is 33.0 Å². The molecule has 2 unspecified atom stereocenters. The van der Waals surface area contributed by atoms with E-state index in [0.717, 1.165) is 12.8 Å². The summed E-state index contributed by atoms with van der Waals surface area (Å²) in [6, 6.07) is 0. The molecule has 0 aromatic heterocycles. The summed E-state index contributed by atoms with van der Waals surface area (Å²) in [4.78, 5) is 12.0. The third-order valence-corrected chi connectivity index (χ3v) is 3.25. The van der Waals surface area contributed by atoms with E-state index in [1.54, 1.807) is 0 Å². The fourth-order valence-corrected chi connectivity index (χ4v) is 1.92. The molecule has 3 aliphatic heterocycles. The van der Waals surface area contributed by atoms with Crippen molar-refractivity contribution < 1.29 is 28.5 Å². The van der Waals surface area contributed by atoms with Crippen LogP contribution in [0.1, 0.15) is 19.3 Å². The van der Waals surface area contributed by atoms with E-state index in [4.69, 9.17) is 23.7 Å². The van der Waals surface area contributed by atoms with Crippen molar-refractivity contribution in [3.05, 3.63) is 0 Å². The van der Waals surface area contributed by atoms with E-state index in [1.165, 1.54) is 0 Å². The first-order valence-electron chi connectivity index (χ1n) is 6.47. The van der Waals surface area contributed by atoms with Gasteiger partial charge in [-0.3, -0.25) is 0 Å². The quantitative estimate of drug-likeness (QED) is 0.386. The Bertz CT molecular complexity index is 294. The second-order valence-corrected chi connectivity index (χ2v) is 4.88. The van der Waals surface area contributed by atoms with Gasteiger partial charge in [-0.25, -0.2) is 4.79 Å². The number of rotatable bonds is 6. The van der Waals surface area contributed by atoms with E-state index < -0.39 is 11.8 Å². The summed E-state index contributed by atoms with van der Waals surface area (Å²) < 4.78 is 26.7. The van der Waals surface area contributed by atoms with Crippen LogP contribution in [0.15, 0.2) is 0 Å². The average molecular weight is 258 g/mol. The lowest BCUT2D eigenvalue weighted by atomic mass is 10.1. The van der Waals surface area contributed by atoms with Crippen molar-refractivity contribution in [2.24, 2.45) is 0 Å². The highest BCUT2D eigenvalue weighted by Crippen LogP contribution is 2.29. The van der Waals surface area contributed by atoms with Gasteiger partial charge in [-0.2, -0.15) is 0 Å². The molecule has 3 fully saturated rings.